The average molecular weight is 408 g/mol. The zero-order valence-corrected chi connectivity index (χ0v) is 18.2. The van der Waals surface area contributed by atoms with E-state index in [1.165, 1.54) is 33.5 Å². The smallest absolute Gasteiger partial charge is 0.344 e. The van der Waals surface area contributed by atoms with Crippen LogP contribution in [0.2, 0.25) is 0 Å². The van der Waals surface area contributed by atoms with Crippen molar-refractivity contribution < 1.29 is 33.3 Å². The minimum atomic E-state index is -0.697. The highest BCUT2D eigenvalue weighted by atomic mass is 16.6. The summed E-state index contributed by atoms with van der Waals surface area (Å²) in [6.07, 6.45) is 2.89. The standard InChI is InChI=1S/C22H32O7/c1-13(2)15-8-7-14(3)9-18(15)29-21(23)12-28-22(24)16-10-19(26-5)20(27-6)11-17(16)25-4/h10-11,13-15,18H,7-9,12H2,1-6H3/t14-,15-,18-/m1/s1. The van der Waals surface area contributed by atoms with E-state index in [9.17, 15) is 9.59 Å². The summed E-state index contributed by atoms with van der Waals surface area (Å²) in [5, 5.41) is 0. The first-order valence-electron chi connectivity index (χ1n) is 9.97. The zero-order valence-electron chi connectivity index (χ0n) is 18.2. The van der Waals surface area contributed by atoms with Crippen molar-refractivity contribution in [2.24, 2.45) is 17.8 Å². The molecular weight excluding hydrogens is 376 g/mol. The fourth-order valence-electron chi connectivity index (χ4n) is 3.84. The van der Waals surface area contributed by atoms with Crippen molar-refractivity contribution in [3.63, 3.8) is 0 Å². The summed E-state index contributed by atoms with van der Waals surface area (Å²) in [5.41, 5.74) is 0.143. The second kappa shape index (κ2) is 10.4. The predicted octanol–water partition coefficient (Wildman–Crippen LogP) is 3.87. The van der Waals surface area contributed by atoms with Crippen molar-refractivity contribution in [3.05, 3.63) is 17.7 Å². The highest BCUT2D eigenvalue weighted by Gasteiger charge is 2.33. The normalized spacial score (nSPS) is 21.4. The Morgan fingerprint density at radius 2 is 1.62 bits per heavy atom. The van der Waals surface area contributed by atoms with Gasteiger partial charge < -0.3 is 23.7 Å². The number of esters is 2. The number of benzene rings is 1. The topological polar surface area (TPSA) is 80.3 Å². The van der Waals surface area contributed by atoms with Crippen molar-refractivity contribution in [1.82, 2.24) is 0 Å². The maximum absolute atomic E-state index is 12.5. The van der Waals surface area contributed by atoms with Crippen LogP contribution in [0, 0.1) is 17.8 Å². The Morgan fingerprint density at radius 3 is 2.21 bits per heavy atom. The number of hydrogen-bond acceptors (Lipinski definition) is 7. The molecule has 29 heavy (non-hydrogen) atoms. The molecule has 7 nitrogen and oxygen atoms in total. The molecule has 1 aromatic rings. The summed E-state index contributed by atoms with van der Waals surface area (Å²) in [6.45, 7) is 6.00. The maximum atomic E-state index is 12.5. The Labute approximate surface area is 172 Å². The minimum Gasteiger partial charge on any atom is -0.496 e. The summed E-state index contributed by atoms with van der Waals surface area (Å²) in [5.74, 6) is 1.09. The number of hydrogen-bond donors (Lipinski definition) is 0. The van der Waals surface area contributed by atoms with E-state index in [4.69, 9.17) is 23.7 Å². The summed E-state index contributed by atoms with van der Waals surface area (Å²) in [4.78, 5) is 24.8. The molecule has 0 radical (unpaired) electrons. The molecule has 1 aliphatic rings. The number of methoxy groups -OCH3 is 3. The van der Waals surface area contributed by atoms with Gasteiger partial charge in [-0.3, -0.25) is 0 Å². The predicted molar refractivity (Wildman–Crippen MR) is 108 cm³/mol. The monoisotopic (exact) mass is 408 g/mol. The van der Waals surface area contributed by atoms with Crippen LogP contribution in [0.25, 0.3) is 0 Å². The number of rotatable bonds is 8. The third-order valence-electron chi connectivity index (χ3n) is 5.49. The van der Waals surface area contributed by atoms with Gasteiger partial charge in [0.25, 0.3) is 0 Å². The molecule has 7 heteroatoms. The molecule has 1 aromatic carbocycles. The van der Waals surface area contributed by atoms with Gasteiger partial charge in [0, 0.05) is 12.1 Å². The summed E-state index contributed by atoms with van der Waals surface area (Å²) in [6, 6.07) is 2.99. The van der Waals surface area contributed by atoms with Gasteiger partial charge in [0.05, 0.1) is 21.3 Å². The van der Waals surface area contributed by atoms with Crippen molar-refractivity contribution in [2.75, 3.05) is 27.9 Å². The van der Waals surface area contributed by atoms with Gasteiger partial charge in [-0.05, 0) is 30.6 Å². The lowest BCUT2D eigenvalue weighted by molar-refractivity contribution is -0.159. The molecule has 0 N–H and O–H groups in total. The van der Waals surface area contributed by atoms with Crippen LogP contribution >= 0.6 is 0 Å². The van der Waals surface area contributed by atoms with Gasteiger partial charge in [0.15, 0.2) is 18.1 Å². The van der Waals surface area contributed by atoms with Crippen LogP contribution in [0.4, 0.5) is 0 Å². The van der Waals surface area contributed by atoms with Gasteiger partial charge in [-0.2, -0.15) is 0 Å². The zero-order chi connectivity index (χ0) is 21.6. The van der Waals surface area contributed by atoms with Crippen LogP contribution in [0.5, 0.6) is 17.2 Å². The molecule has 0 heterocycles. The van der Waals surface area contributed by atoms with E-state index in [2.05, 4.69) is 20.8 Å². The summed E-state index contributed by atoms with van der Waals surface area (Å²) < 4.78 is 26.5. The van der Waals surface area contributed by atoms with Crippen LogP contribution in [0.1, 0.15) is 50.4 Å². The Hall–Kier alpha value is -2.44. The SMILES string of the molecule is COc1cc(OC)c(C(=O)OCC(=O)O[C@@H]2C[C@H](C)CC[C@@H]2C(C)C)cc1OC. The molecule has 0 bridgehead atoms. The lowest BCUT2D eigenvalue weighted by Crippen LogP contribution is -2.36. The Morgan fingerprint density at radius 1 is 1.00 bits per heavy atom. The molecular formula is C22H32O7. The van der Waals surface area contributed by atoms with Crippen LogP contribution < -0.4 is 14.2 Å². The molecule has 162 valence electrons. The Bertz CT molecular complexity index is 713. The van der Waals surface area contributed by atoms with Crippen LogP contribution in [0.3, 0.4) is 0 Å². The van der Waals surface area contributed by atoms with Gasteiger partial charge in [0.2, 0.25) is 0 Å². The first-order valence-corrected chi connectivity index (χ1v) is 9.97. The highest BCUT2D eigenvalue weighted by Crippen LogP contribution is 2.36. The fraction of sp³-hybridized carbons (Fsp3) is 0.636. The lowest BCUT2D eigenvalue weighted by Gasteiger charge is -2.36. The van der Waals surface area contributed by atoms with E-state index in [0.717, 1.165) is 19.3 Å². The first-order chi connectivity index (χ1) is 13.8. The molecule has 0 saturated heterocycles. The third kappa shape index (κ3) is 5.78. The minimum absolute atomic E-state index is 0.138. The van der Waals surface area contributed by atoms with Crippen molar-refractivity contribution in [2.45, 2.75) is 46.1 Å². The molecule has 3 atom stereocenters. The molecule has 0 unspecified atom stereocenters. The maximum Gasteiger partial charge on any atom is 0.344 e. The van der Waals surface area contributed by atoms with Gasteiger partial charge >= 0.3 is 11.9 Å². The summed E-state index contributed by atoms with van der Waals surface area (Å²) in [7, 11) is 4.39. The molecule has 1 fully saturated rings. The second-order valence-electron chi connectivity index (χ2n) is 7.84. The van der Waals surface area contributed by atoms with Crippen LogP contribution in [0.15, 0.2) is 12.1 Å². The van der Waals surface area contributed by atoms with Gasteiger partial charge in [0.1, 0.15) is 17.4 Å². The lowest BCUT2D eigenvalue weighted by atomic mass is 9.75. The molecule has 0 aliphatic heterocycles. The molecule has 0 aromatic heterocycles. The van der Waals surface area contributed by atoms with E-state index in [-0.39, 0.29) is 17.4 Å². The molecule has 0 spiro atoms. The third-order valence-corrected chi connectivity index (χ3v) is 5.49. The van der Waals surface area contributed by atoms with Crippen LogP contribution in [-0.4, -0.2) is 46.0 Å². The van der Waals surface area contributed by atoms with E-state index >= 15 is 0 Å². The van der Waals surface area contributed by atoms with E-state index in [1.54, 1.807) is 0 Å². The van der Waals surface area contributed by atoms with Crippen molar-refractivity contribution in [1.29, 1.82) is 0 Å². The number of ether oxygens (including phenoxy) is 5. The van der Waals surface area contributed by atoms with Gasteiger partial charge in [-0.1, -0.05) is 27.2 Å². The van der Waals surface area contributed by atoms with Crippen molar-refractivity contribution in [3.8, 4) is 17.2 Å². The van der Waals surface area contributed by atoms with E-state index in [1.807, 2.05) is 0 Å². The molecule has 1 aliphatic carbocycles. The second-order valence-corrected chi connectivity index (χ2v) is 7.84. The van der Waals surface area contributed by atoms with E-state index in [0.29, 0.717) is 29.3 Å². The number of carbonyl (C=O) groups excluding carboxylic acids is 2. The molecule has 0 amide bonds. The largest absolute Gasteiger partial charge is 0.496 e. The summed E-state index contributed by atoms with van der Waals surface area (Å²) >= 11 is 0. The van der Waals surface area contributed by atoms with Gasteiger partial charge in [-0.15, -0.1) is 0 Å². The van der Waals surface area contributed by atoms with Crippen LogP contribution in [-0.2, 0) is 14.3 Å². The Balaban J connectivity index is 2.02. The van der Waals surface area contributed by atoms with Crippen molar-refractivity contribution >= 4 is 11.9 Å². The van der Waals surface area contributed by atoms with E-state index < -0.39 is 18.5 Å². The van der Waals surface area contributed by atoms with Gasteiger partial charge in [-0.25, -0.2) is 9.59 Å². The molecule has 1 saturated carbocycles. The Kier molecular flexibility index (Phi) is 8.17. The quantitative estimate of drug-likeness (QED) is 0.604. The molecule has 2 rings (SSSR count). The highest BCUT2D eigenvalue weighted by molar-refractivity contribution is 5.94. The first kappa shape index (κ1) is 22.8. The number of carbonyl (C=O) groups is 2. The average Bonchev–Trinajstić information content (AvgIpc) is 2.70. The fourth-order valence-corrected chi connectivity index (χ4v) is 3.84.